The predicted molar refractivity (Wildman–Crippen MR) is 113 cm³/mol. The van der Waals surface area contributed by atoms with Gasteiger partial charge in [0.25, 0.3) is 0 Å². The number of hydrogen-bond acceptors (Lipinski definition) is 6. The zero-order valence-corrected chi connectivity index (χ0v) is 17.1. The first-order valence-corrected chi connectivity index (χ1v) is 10.1. The first-order valence-electron chi connectivity index (χ1n) is 10.1. The minimum absolute atomic E-state index is 0.119. The average molecular weight is 404 g/mol. The highest BCUT2D eigenvalue weighted by Crippen LogP contribution is 2.55. The number of benzene rings is 2. The van der Waals surface area contributed by atoms with E-state index in [1.54, 1.807) is 13.1 Å². The third-order valence-corrected chi connectivity index (χ3v) is 6.48. The molecule has 7 nitrogen and oxygen atoms in total. The van der Waals surface area contributed by atoms with E-state index in [0.717, 1.165) is 41.9 Å². The number of nitrogens with zero attached hydrogens (tertiary/aromatic N) is 3. The summed E-state index contributed by atoms with van der Waals surface area (Å²) in [5.41, 5.74) is 8.01. The minimum Gasteiger partial charge on any atom is -0.484 e. The zero-order chi connectivity index (χ0) is 20.9. The van der Waals surface area contributed by atoms with Crippen LogP contribution >= 0.6 is 0 Å². The molecule has 2 N–H and O–H groups in total. The van der Waals surface area contributed by atoms with Crippen LogP contribution < -0.4 is 10.5 Å². The van der Waals surface area contributed by atoms with Crippen molar-refractivity contribution in [2.75, 3.05) is 20.3 Å². The SMILES string of the molecule is [C-]#[N+]c1cccc(-c2ccc3c(c2)C2(N=C(N)N(C)O2)C(C)C2(CCCOC2)O3)c1. The Kier molecular flexibility index (Phi) is 4.24. The van der Waals surface area contributed by atoms with Crippen LogP contribution in [0.3, 0.4) is 0 Å². The molecule has 3 aliphatic rings. The monoisotopic (exact) mass is 404 g/mol. The lowest BCUT2D eigenvalue weighted by atomic mass is 9.72. The van der Waals surface area contributed by atoms with Crippen molar-refractivity contribution in [3.05, 3.63) is 59.4 Å². The van der Waals surface area contributed by atoms with E-state index >= 15 is 0 Å². The highest BCUT2D eigenvalue weighted by molar-refractivity contribution is 5.79. The van der Waals surface area contributed by atoms with Crippen LogP contribution in [0.1, 0.15) is 25.3 Å². The molecule has 0 aromatic heterocycles. The molecule has 154 valence electrons. The fourth-order valence-electron chi connectivity index (χ4n) is 4.75. The van der Waals surface area contributed by atoms with Gasteiger partial charge >= 0.3 is 0 Å². The van der Waals surface area contributed by atoms with Crippen LogP contribution in [0.15, 0.2) is 47.5 Å². The number of aliphatic imine (C=N–C) groups is 1. The molecule has 2 aromatic rings. The van der Waals surface area contributed by atoms with Crippen LogP contribution in [-0.2, 0) is 15.3 Å². The van der Waals surface area contributed by atoms with Gasteiger partial charge in [-0.25, -0.2) is 19.7 Å². The van der Waals surface area contributed by atoms with Crippen LogP contribution in [0.5, 0.6) is 5.75 Å². The fraction of sp³-hybridized carbons (Fsp3) is 0.391. The van der Waals surface area contributed by atoms with E-state index < -0.39 is 11.3 Å². The second kappa shape index (κ2) is 6.73. The summed E-state index contributed by atoms with van der Waals surface area (Å²) in [6.07, 6.45) is 1.79. The zero-order valence-electron chi connectivity index (χ0n) is 17.1. The normalized spacial score (nSPS) is 30.0. The Morgan fingerprint density at radius 3 is 2.77 bits per heavy atom. The van der Waals surface area contributed by atoms with Gasteiger partial charge in [0.05, 0.1) is 24.7 Å². The van der Waals surface area contributed by atoms with Crippen LogP contribution in [0.25, 0.3) is 16.0 Å². The van der Waals surface area contributed by atoms with Crippen molar-refractivity contribution in [2.45, 2.75) is 31.1 Å². The van der Waals surface area contributed by atoms with Crippen molar-refractivity contribution in [1.29, 1.82) is 0 Å². The molecule has 1 saturated heterocycles. The molecule has 0 aliphatic carbocycles. The van der Waals surface area contributed by atoms with Gasteiger partial charge in [-0.2, -0.15) is 0 Å². The largest absolute Gasteiger partial charge is 0.484 e. The summed E-state index contributed by atoms with van der Waals surface area (Å²) >= 11 is 0. The Bertz CT molecular complexity index is 1070. The van der Waals surface area contributed by atoms with Crippen molar-refractivity contribution in [3.63, 3.8) is 0 Å². The average Bonchev–Trinajstić information content (AvgIpc) is 3.08. The van der Waals surface area contributed by atoms with E-state index in [2.05, 4.69) is 11.8 Å². The summed E-state index contributed by atoms with van der Waals surface area (Å²) < 4.78 is 12.4. The third-order valence-electron chi connectivity index (χ3n) is 6.48. The van der Waals surface area contributed by atoms with Crippen molar-refractivity contribution in [1.82, 2.24) is 5.06 Å². The van der Waals surface area contributed by atoms with Gasteiger partial charge in [0.1, 0.15) is 11.4 Å². The Morgan fingerprint density at radius 1 is 1.23 bits per heavy atom. The maximum Gasteiger partial charge on any atom is 0.224 e. The van der Waals surface area contributed by atoms with E-state index in [4.69, 9.17) is 31.6 Å². The lowest BCUT2D eigenvalue weighted by molar-refractivity contribution is -0.247. The number of hydroxylamine groups is 2. The topological polar surface area (TPSA) is 73.7 Å². The molecule has 2 aromatic carbocycles. The van der Waals surface area contributed by atoms with Gasteiger partial charge in [-0.05, 0) is 42.2 Å². The van der Waals surface area contributed by atoms with Gasteiger partial charge in [0.2, 0.25) is 11.7 Å². The number of rotatable bonds is 1. The second-order valence-electron chi connectivity index (χ2n) is 8.17. The fourth-order valence-corrected chi connectivity index (χ4v) is 4.75. The number of hydrogen-bond donors (Lipinski definition) is 1. The molecule has 3 aliphatic heterocycles. The first kappa shape index (κ1) is 18.9. The molecular formula is C23H24N4O3. The molecule has 0 saturated carbocycles. The van der Waals surface area contributed by atoms with Crippen LogP contribution in [0.4, 0.5) is 5.69 Å². The molecule has 1 fully saturated rings. The molecule has 3 unspecified atom stereocenters. The summed E-state index contributed by atoms with van der Waals surface area (Å²) in [5.74, 6) is 0.948. The van der Waals surface area contributed by atoms with Gasteiger partial charge in [-0.15, -0.1) is 0 Å². The second-order valence-corrected chi connectivity index (χ2v) is 8.17. The number of fused-ring (bicyclic) bond motifs is 2. The molecular weight excluding hydrogens is 380 g/mol. The molecule has 0 radical (unpaired) electrons. The van der Waals surface area contributed by atoms with Crippen molar-refractivity contribution in [3.8, 4) is 16.9 Å². The first-order chi connectivity index (χ1) is 14.5. The molecule has 0 bridgehead atoms. The summed E-state index contributed by atoms with van der Waals surface area (Å²) in [7, 11) is 1.77. The quantitative estimate of drug-likeness (QED) is 0.732. The predicted octanol–water partition coefficient (Wildman–Crippen LogP) is 3.83. The minimum atomic E-state index is -0.986. The number of ether oxygens (including phenoxy) is 2. The highest BCUT2D eigenvalue weighted by atomic mass is 16.7. The molecule has 5 rings (SSSR count). The maximum atomic E-state index is 7.30. The van der Waals surface area contributed by atoms with Crippen LogP contribution in [0, 0.1) is 12.5 Å². The summed E-state index contributed by atoms with van der Waals surface area (Å²) in [6.45, 7) is 10.6. The van der Waals surface area contributed by atoms with E-state index in [1.165, 1.54) is 5.06 Å². The van der Waals surface area contributed by atoms with Crippen molar-refractivity contribution < 1.29 is 14.3 Å². The maximum absolute atomic E-state index is 7.30. The summed E-state index contributed by atoms with van der Waals surface area (Å²) in [4.78, 5) is 14.7. The molecule has 0 amide bonds. The molecule has 2 spiro atoms. The lowest BCUT2D eigenvalue weighted by Crippen LogP contribution is -2.59. The summed E-state index contributed by atoms with van der Waals surface area (Å²) in [6, 6.07) is 13.6. The smallest absolute Gasteiger partial charge is 0.224 e. The molecule has 30 heavy (non-hydrogen) atoms. The standard InChI is InChI=1S/C23H24N4O3/c1-15-22(10-5-11-28-14-22)29-20-9-8-17(16-6-4-7-18(12-16)25-2)13-19(20)23(15)26-21(24)27(3)30-23/h4,6-9,12-13,15H,5,10-11,14H2,1,3H3,(H2,24,26). The van der Waals surface area contributed by atoms with E-state index in [1.807, 2.05) is 36.4 Å². The van der Waals surface area contributed by atoms with Crippen molar-refractivity contribution >= 4 is 11.6 Å². The van der Waals surface area contributed by atoms with Gasteiger partial charge in [0, 0.05) is 13.7 Å². The highest BCUT2D eigenvalue weighted by Gasteiger charge is 2.60. The Labute approximate surface area is 175 Å². The Morgan fingerprint density at radius 2 is 2.07 bits per heavy atom. The lowest BCUT2D eigenvalue weighted by Gasteiger charge is -2.51. The number of guanidine groups is 1. The van der Waals surface area contributed by atoms with Gasteiger partial charge < -0.3 is 15.2 Å². The van der Waals surface area contributed by atoms with E-state index in [9.17, 15) is 0 Å². The molecule has 7 heteroatoms. The van der Waals surface area contributed by atoms with Crippen LogP contribution in [0.2, 0.25) is 0 Å². The third kappa shape index (κ3) is 2.68. The van der Waals surface area contributed by atoms with Crippen LogP contribution in [-0.4, -0.2) is 36.9 Å². The molecule has 3 heterocycles. The number of nitrogens with two attached hydrogens (primary N) is 1. The molecule has 3 atom stereocenters. The Balaban J connectivity index is 1.68. The van der Waals surface area contributed by atoms with Gasteiger partial charge in [-0.1, -0.05) is 31.2 Å². The van der Waals surface area contributed by atoms with Gasteiger partial charge in [-0.3, -0.25) is 0 Å². The van der Waals surface area contributed by atoms with E-state index in [-0.39, 0.29) is 5.92 Å². The van der Waals surface area contributed by atoms with Gasteiger partial charge in [0.15, 0.2) is 5.69 Å². The Hall–Kier alpha value is -3.08. The summed E-state index contributed by atoms with van der Waals surface area (Å²) in [5, 5.41) is 1.52. The van der Waals surface area contributed by atoms with Crippen molar-refractivity contribution in [2.24, 2.45) is 16.6 Å². The van der Waals surface area contributed by atoms with E-state index in [0.29, 0.717) is 18.3 Å².